The van der Waals surface area contributed by atoms with Crippen molar-refractivity contribution < 1.29 is 0 Å². The van der Waals surface area contributed by atoms with Gasteiger partial charge in [-0.25, -0.2) is 0 Å². The first kappa shape index (κ1) is 16.6. The number of benzene rings is 2. The normalized spacial score (nSPS) is 11.4. The summed E-state index contributed by atoms with van der Waals surface area (Å²) in [5.74, 6) is 0. The highest BCUT2D eigenvalue weighted by atomic mass is 15.2. The van der Waals surface area contributed by atoms with Gasteiger partial charge in [0.05, 0.1) is 0 Å². The molecule has 0 aliphatic carbocycles. The molecule has 2 rings (SSSR count). The molecule has 0 saturated heterocycles. The lowest BCUT2D eigenvalue weighted by molar-refractivity contribution is 0.436. The lowest BCUT2D eigenvalue weighted by Gasteiger charge is -2.41. The largest absolute Gasteiger partial charge is 0.336 e. The molecular formula is C21H29N. The molecular weight excluding hydrogens is 266 g/mol. The minimum Gasteiger partial charge on any atom is -0.336 e. The van der Waals surface area contributed by atoms with Gasteiger partial charge in [0, 0.05) is 16.9 Å². The van der Waals surface area contributed by atoms with Crippen LogP contribution in [0.1, 0.15) is 52.9 Å². The summed E-state index contributed by atoms with van der Waals surface area (Å²) < 4.78 is 0. The topological polar surface area (TPSA) is 3.24 Å². The molecule has 0 unspecified atom stereocenters. The van der Waals surface area contributed by atoms with E-state index in [-0.39, 0.29) is 5.54 Å². The fourth-order valence-electron chi connectivity index (χ4n) is 3.10. The highest BCUT2D eigenvalue weighted by molar-refractivity contribution is 5.65. The third-order valence-electron chi connectivity index (χ3n) is 4.28. The van der Waals surface area contributed by atoms with Crippen molar-refractivity contribution in [3.63, 3.8) is 0 Å². The number of unbranched alkanes of at least 4 members (excludes halogenated alkanes) is 3. The number of hydrogen-bond acceptors (Lipinski definition) is 1. The molecule has 0 atom stereocenters. The Kier molecular flexibility index (Phi) is 6.06. The van der Waals surface area contributed by atoms with Crippen molar-refractivity contribution in [3.8, 4) is 0 Å². The summed E-state index contributed by atoms with van der Waals surface area (Å²) in [6.45, 7) is 6.99. The van der Waals surface area contributed by atoms with Crippen LogP contribution in [0.2, 0.25) is 0 Å². The van der Waals surface area contributed by atoms with Crippen molar-refractivity contribution >= 4 is 11.4 Å². The molecule has 2 aromatic carbocycles. The molecule has 0 aliphatic heterocycles. The summed E-state index contributed by atoms with van der Waals surface area (Å²) in [5.41, 5.74) is 2.65. The Morgan fingerprint density at radius 2 is 1.23 bits per heavy atom. The molecule has 0 N–H and O–H groups in total. The summed E-state index contributed by atoms with van der Waals surface area (Å²) in [5, 5.41) is 0. The lowest BCUT2D eigenvalue weighted by atomic mass is 9.92. The van der Waals surface area contributed by atoms with Crippen LogP contribution in [0, 0.1) is 0 Å². The van der Waals surface area contributed by atoms with E-state index in [2.05, 4.69) is 86.3 Å². The first-order chi connectivity index (χ1) is 10.6. The van der Waals surface area contributed by atoms with Gasteiger partial charge >= 0.3 is 0 Å². The zero-order chi connectivity index (χ0) is 15.8. The molecule has 22 heavy (non-hydrogen) atoms. The van der Waals surface area contributed by atoms with Gasteiger partial charge in [0.15, 0.2) is 0 Å². The van der Waals surface area contributed by atoms with Gasteiger partial charge in [-0.15, -0.1) is 0 Å². The number of hydrogen-bond donors (Lipinski definition) is 0. The fourth-order valence-corrected chi connectivity index (χ4v) is 3.10. The average molecular weight is 295 g/mol. The van der Waals surface area contributed by atoms with Crippen LogP contribution in [-0.4, -0.2) is 5.54 Å². The van der Waals surface area contributed by atoms with Gasteiger partial charge in [0.1, 0.15) is 0 Å². The van der Waals surface area contributed by atoms with Crippen molar-refractivity contribution in [3.05, 3.63) is 60.7 Å². The minimum absolute atomic E-state index is 0.108. The van der Waals surface area contributed by atoms with Gasteiger partial charge < -0.3 is 4.90 Å². The van der Waals surface area contributed by atoms with E-state index in [9.17, 15) is 0 Å². The number of para-hydroxylation sites is 2. The zero-order valence-corrected chi connectivity index (χ0v) is 14.3. The second kappa shape index (κ2) is 8.03. The maximum absolute atomic E-state index is 2.49. The first-order valence-electron chi connectivity index (χ1n) is 8.55. The van der Waals surface area contributed by atoms with Crippen LogP contribution in [0.4, 0.5) is 11.4 Å². The number of nitrogens with zero attached hydrogens (tertiary/aromatic N) is 1. The van der Waals surface area contributed by atoms with Gasteiger partial charge in [-0.05, 0) is 44.5 Å². The first-order valence-corrected chi connectivity index (χ1v) is 8.55. The van der Waals surface area contributed by atoms with E-state index >= 15 is 0 Å². The maximum atomic E-state index is 2.49. The molecule has 0 aromatic heterocycles. The molecule has 1 heteroatoms. The van der Waals surface area contributed by atoms with E-state index in [4.69, 9.17) is 0 Å². The summed E-state index contributed by atoms with van der Waals surface area (Å²) in [7, 11) is 0. The van der Waals surface area contributed by atoms with Gasteiger partial charge in [-0.3, -0.25) is 0 Å². The summed E-state index contributed by atoms with van der Waals surface area (Å²) in [4.78, 5) is 2.49. The monoisotopic (exact) mass is 295 g/mol. The second-order valence-corrected chi connectivity index (χ2v) is 6.63. The van der Waals surface area contributed by atoms with Crippen molar-refractivity contribution in [2.75, 3.05) is 4.90 Å². The molecule has 0 fully saturated rings. The molecule has 0 heterocycles. The summed E-state index contributed by atoms with van der Waals surface area (Å²) >= 11 is 0. The predicted octanol–water partition coefficient (Wildman–Crippen LogP) is 6.57. The van der Waals surface area contributed by atoms with Crippen molar-refractivity contribution in [1.29, 1.82) is 0 Å². The molecule has 1 nitrogen and oxygen atoms in total. The third kappa shape index (κ3) is 4.37. The van der Waals surface area contributed by atoms with Gasteiger partial charge in [0.25, 0.3) is 0 Å². The van der Waals surface area contributed by atoms with E-state index in [1.807, 2.05) is 0 Å². The van der Waals surface area contributed by atoms with Crippen LogP contribution in [0.25, 0.3) is 0 Å². The van der Waals surface area contributed by atoms with E-state index in [0.717, 1.165) is 0 Å². The zero-order valence-electron chi connectivity index (χ0n) is 14.3. The Morgan fingerprint density at radius 3 is 1.68 bits per heavy atom. The second-order valence-electron chi connectivity index (χ2n) is 6.63. The highest BCUT2D eigenvalue weighted by Gasteiger charge is 2.27. The molecule has 2 aromatic rings. The Bertz CT molecular complexity index is 491. The molecule has 0 aliphatic rings. The highest BCUT2D eigenvalue weighted by Crippen LogP contribution is 2.35. The van der Waals surface area contributed by atoms with Crippen LogP contribution in [0.15, 0.2) is 60.7 Å². The van der Waals surface area contributed by atoms with Crippen LogP contribution in [-0.2, 0) is 0 Å². The Hall–Kier alpha value is -1.76. The third-order valence-corrected chi connectivity index (χ3v) is 4.28. The van der Waals surface area contributed by atoms with Crippen LogP contribution in [0.3, 0.4) is 0 Å². The molecule has 0 saturated carbocycles. The molecule has 0 amide bonds. The van der Waals surface area contributed by atoms with E-state index in [1.54, 1.807) is 0 Å². The Balaban J connectivity index is 2.24. The van der Waals surface area contributed by atoms with E-state index in [1.165, 1.54) is 43.5 Å². The number of rotatable bonds is 8. The molecule has 0 bridgehead atoms. The lowest BCUT2D eigenvalue weighted by Crippen LogP contribution is -2.40. The van der Waals surface area contributed by atoms with Crippen molar-refractivity contribution in [2.45, 2.75) is 58.4 Å². The van der Waals surface area contributed by atoms with Crippen molar-refractivity contribution in [1.82, 2.24) is 0 Å². The van der Waals surface area contributed by atoms with Crippen molar-refractivity contribution in [2.24, 2.45) is 0 Å². The summed E-state index contributed by atoms with van der Waals surface area (Å²) in [6, 6.07) is 21.5. The average Bonchev–Trinajstić information content (AvgIpc) is 2.54. The predicted molar refractivity (Wildman–Crippen MR) is 97.9 cm³/mol. The quantitative estimate of drug-likeness (QED) is 0.497. The summed E-state index contributed by atoms with van der Waals surface area (Å²) in [6.07, 6.45) is 6.46. The van der Waals surface area contributed by atoms with Gasteiger partial charge in [-0.2, -0.15) is 0 Å². The van der Waals surface area contributed by atoms with Crippen LogP contribution >= 0.6 is 0 Å². The Morgan fingerprint density at radius 1 is 0.727 bits per heavy atom. The van der Waals surface area contributed by atoms with Crippen LogP contribution in [0.5, 0.6) is 0 Å². The SMILES string of the molecule is CCCCCCC(C)(C)N(c1ccccc1)c1ccccc1. The fraction of sp³-hybridized carbons (Fsp3) is 0.429. The van der Waals surface area contributed by atoms with E-state index < -0.39 is 0 Å². The smallest absolute Gasteiger partial charge is 0.0416 e. The molecule has 118 valence electrons. The van der Waals surface area contributed by atoms with Gasteiger partial charge in [-0.1, -0.05) is 69.0 Å². The number of anilines is 2. The van der Waals surface area contributed by atoms with Crippen LogP contribution < -0.4 is 4.90 Å². The van der Waals surface area contributed by atoms with Gasteiger partial charge in [0.2, 0.25) is 0 Å². The standard InChI is InChI=1S/C21H29N/c1-4-5-6-13-18-21(2,3)22(19-14-9-7-10-15-19)20-16-11-8-12-17-20/h7-12,14-17H,4-6,13,18H2,1-3H3. The van der Waals surface area contributed by atoms with E-state index in [0.29, 0.717) is 0 Å². The maximum Gasteiger partial charge on any atom is 0.0416 e. The Labute approximate surface area is 136 Å². The minimum atomic E-state index is 0.108. The molecule has 0 radical (unpaired) electrons. The molecule has 0 spiro atoms.